The third-order valence-electron chi connectivity index (χ3n) is 3.50. The summed E-state index contributed by atoms with van der Waals surface area (Å²) in [5.74, 6) is -2.50. The van der Waals surface area contributed by atoms with Crippen LogP contribution in [0.25, 0.3) is 11.2 Å². The van der Waals surface area contributed by atoms with Gasteiger partial charge in [-0.05, 0) is 24.3 Å². The van der Waals surface area contributed by atoms with Crippen molar-refractivity contribution in [2.45, 2.75) is 6.54 Å². The number of nitrogens with two attached hydrogens (primary N) is 2. The first-order chi connectivity index (χ1) is 14.7. The first-order valence-electron chi connectivity index (χ1n) is 8.45. The second-order valence-electron chi connectivity index (χ2n) is 5.79. The van der Waals surface area contributed by atoms with E-state index in [1.165, 1.54) is 0 Å². The van der Waals surface area contributed by atoms with Gasteiger partial charge in [-0.15, -0.1) is 0 Å². The van der Waals surface area contributed by atoms with E-state index in [0.717, 1.165) is 11.3 Å². The van der Waals surface area contributed by atoms with Gasteiger partial charge in [0.2, 0.25) is 5.95 Å². The molecule has 0 atom stereocenters. The van der Waals surface area contributed by atoms with Crippen LogP contribution >= 0.6 is 12.2 Å². The number of aromatic nitrogens is 4. The third kappa shape index (κ3) is 7.17. The minimum absolute atomic E-state index is 0.0144. The number of rotatable bonds is 6. The van der Waals surface area contributed by atoms with Gasteiger partial charge in [0.25, 0.3) is 5.56 Å². The quantitative estimate of drug-likeness (QED) is 0.224. The molecule has 2 heterocycles. The number of carboxylic acid groups (broad SMARTS) is 2. The maximum absolute atomic E-state index is 11.8. The molecule has 0 aliphatic heterocycles. The molecule has 2 aromatic heterocycles. The SMILES string of the molecule is NC(=S)c1ccc(NCc2cnc3nc(N)[nH]c(=O)c3n2)cc1.O=C(O)C=CC(=O)O. The molecule has 0 saturated heterocycles. The molecule has 0 fully saturated rings. The van der Waals surface area contributed by atoms with E-state index in [4.69, 9.17) is 33.9 Å². The summed E-state index contributed by atoms with van der Waals surface area (Å²) in [4.78, 5) is 45.9. The normalized spacial score (nSPS) is 10.3. The Morgan fingerprint density at radius 1 is 1.13 bits per heavy atom. The van der Waals surface area contributed by atoms with Gasteiger partial charge in [0.1, 0.15) is 4.99 Å². The number of carbonyl (C=O) groups is 2. The Labute approximate surface area is 179 Å². The summed E-state index contributed by atoms with van der Waals surface area (Å²) in [7, 11) is 0. The molecular weight excluding hydrogens is 426 g/mol. The Balaban J connectivity index is 0.000000366. The van der Waals surface area contributed by atoms with Crippen molar-refractivity contribution in [2.24, 2.45) is 5.73 Å². The van der Waals surface area contributed by atoms with Crippen LogP contribution in [0.2, 0.25) is 0 Å². The lowest BCUT2D eigenvalue weighted by Gasteiger charge is -2.07. The highest BCUT2D eigenvalue weighted by molar-refractivity contribution is 7.80. The summed E-state index contributed by atoms with van der Waals surface area (Å²) in [6.07, 6.45) is 2.66. The number of aliphatic carboxylic acids is 2. The molecule has 0 spiro atoms. The van der Waals surface area contributed by atoms with Gasteiger partial charge in [0.05, 0.1) is 18.4 Å². The number of hydrogen-bond donors (Lipinski definition) is 6. The molecular formula is C18H17N7O5S. The molecule has 8 N–H and O–H groups in total. The highest BCUT2D eigenvalue weighted by Crippen LogP contribution is 2.11. The van der Waals surface area contributed by atoms with Crippen molar-refractivity contribution in [3.05, 3.63) is 64.2 Å². The highest BCUT2D eigenvalue weighted by Gasteiger charge is 2.06. The van der Waals surface area contributed by atoms with Crippen molar-refractivity contribution >= 4 is 51.9 Å². The lowest BCUT2D eigenvalue weighted by Crippen LogP contribution is -2.15. The molecule has 1 aromatic carbocycles. The van der Waals surface area contributed by atoms with Crippen LogP contribution in [-0.4, -0.2) is 47.1 Å². The van der Waals surface area contributed by atoms with Crippen molar-refractivity contribution in [3.8, 4) is 0 Å². The van der Waals surface area contributed by atoms with Crippen LogP contribution in [-0.2, 0) is 16.1 Å². The summed E-state index contributed by atoms with van der Waals surface area (Å²) in [5, 5.41) is 18.8. The average molecular weight is 443 g/mol. The number of thiocarbonyl (C=S) groups is 1. The van der Waals surface area contributed by atoms with Crippen LogP contribution in [0, 0.1) is 0 Å². The molecule has 0 aliphatic carbocycles. The maximum atomic E-state index is 11.8. The van der Waals surface area contributed by atoms with E-state index in [0.29, 0.717) is 29.4 Å². The van der Waals surface area contributed by atoms with E-state index in [1.54, 1.807) is 6.20 Å². The summed E-state index contributed by atoms with van der Waals surface area (Å²) >= 11 is 4.90. The molecule has 0 amide bonds. The third-order valence-corrected chi connectivity index (χ3v) is 3.73. The number of H-pyrrole nitrogens is 1. The minimum atomic E-state index is -1.26. The zero-order valence-electron chi connectivity index (χ0n) is 15.8. The predicted molar refractivity (Wildman–Crippen MR) is 116 cm³/mol. The summed E-state index contributed by atoms with van der Waals surface area (Å²) in [5.41, 5.74) is 13.3. The Morgan fingerprint density at radius 3 is 2.29 bits per heavy atom. The molecule has 160 valence electrons. The van der Waals surface area contributed by atoms with Crippen LogP contribution in [0.4, 0.5) is 11.6 Å². The number of nitrogen functional groups attached to an aromatic ring is 1. The van der Waals surface area contributed by atoms with Gasteiger partial charge in [0.15, 0.2) is 11.2 Å². The number of hydrogen-bond acceptors (Lipinski definition) is 9. The Morgan fingerprint density at radius 2 is 1.74 bits per heavy atom. The summed E-state index contributed by atoms with van der Waals surface area (Å²) in [6.45, 7) is 0.402. The Bertz CT molecular complexity index is 1190. The minimum Gasteiger partial charge on any atom is -0.478 e. The maximum Gasteiger partial charge on any atom is 0.328 e. The zero-order chi connectivity index (χ0) is 23.0. The van der Waals surface area contributed by atoms with Crippen LogP contribution < -0.4 is 22.3 Å². The van der Waals surface area contributed by atoms with Gasteiger partial charge < -0.3 is 27.0 Å². The van der Waals surface area contributed by atoms with Crippen molar-refractivity contribution in [2.75, 3.05) is 11.1 Å². The molecule has 3 rings (SSSR count). The standard InChI is InChI=1S/C14H13N7OS.C4H4O4/c15-11(23)7-1-3-8(4-2-7)17-5-9-6-18-12-10(19-9)13(22)21-14(16)20-12;5-3(6)1-2-4(7)8/h1-4,6,17H,5H2,(H2,15,23)(H3,16,18,20,21,22);1-2H,(H,5,6)(H,7,8). The number of nitrogens with zero attached hydrogens (tertiary/aromatic N) is 3. The molecule has 31 heavy (non-hydrogen) atoms. The predicted octanol–water partition coefficient (Wildman–Crippen LogP) is 0.253. The Hall–Kier alpha value is -4.39. The van der Waals surface area contributed by atoms with Gasteiger partial charge in [-0.1, -0.05) is 12.2 Å². The average Bonchev–Trinajstić information content (AvgIpc) is 2.71. The van der Waals surface area contributed by atoms with Crippen molar-refractivity contribution in [3.63, 3.8) is 0 Å². The fraction of sp³-hybridized carbons (Fsp3) is 0.0556. The smallest absolute Gasteiger partial charge is 0.328 e. The first kappa shape index (κ1) is 22.9. The van der Waals surface area contributed by atoms with Crippen LogP contribution in [0.1, 0.15) is 11.3 Å². The van der Waals surface area contributed by atoms with Crippen LogP contribution in [0.3, 0.4) is 0 Å². The lowest BCUT2D eigenvalue weighted by molar-refractivity contribution is -0.134. The highest BCUT2D eigenvalue weighted by atomic mass is 32.1. The van der Waals surface area contributed by atoms with Crippen LogP contribution in [0.5, 0.6) is 0 Å². The fourth-order valence-corrected chi connectivity index (χ4v) is 2.28. The second-order valence-corrected chi connectivity index (χ2v) is 6.23. The fourth-order valence-electron chi connectivity index (χ4n) is 2.14. The van der Waals surface area contributed by atoms with E-state index in [2.05, 4.69) is 25.3 Å². The molecule has 12 nitrogen and oxygen atoms in total. The molecule has 0 saturated carbocycles. The number of fused-ring (bicyclic) bond motifs is 1. The molecule has 0 unspecified atom stereocenters. The molecule has 0 radical (unpaired) electrons. The van der Waals surface area contributed by atoms with E-state index in [9.17, 15) is 14.4 Å². The van der Waals surface area contributed by atoms with E-state index in [1.807, 2.05) is 24.3 Å². The van der Waals surface area contributed by atoms with Crippen molar-refractivity contribution < 1.29 is 19.8 Å². The monoisotopic (exact) mass is 443 g/mol. The van der Waals surface area contributed by atoms with E-state index >= 15 is 0 Å². The van der Waals surface area contributed by atoms with Gasteiger partial charge in [-0.2, -0.15) is 4.98 Å². The van der Waals surface area contributed by atoms with Gasteiger partial charge in [0, 0.05) is 23.4 Å². The Kier molecular flexibility index (Phi) is 7.68. The molecule has 13 heteroatoms. The molecule has 3 aromatic rings. The van der Waals surface area contributed by atoms with Crippen LogP contribution in [0.15, 0.2) is 47.4 Å². The van der Waals surface area contributed by atoms with Crippen molar-refractivity contribution in [1.82, 2.24) is 19.9 Å². The topological polar surface area (TPSA) is 210 Å². The lowest BCUT2D eigenvalue weighted by atomic mass is 10.2. The van der Waals surface area contributed by atoms with Crippen molar-refractivity contribution in [1.29, 1.82) is 0 Å². The van der Waals surface area contributed by atoms with Gasteiger partial charge in [-0.25, -0.2) is 19.6 Å². The largest absolute Gasteiger partial charge is 0.478 e. The van der Waals surface area contributed by atoms with E-state index < -0.39 is 17.5 Å². The summed E-state index contributed by atoms with van der Waals surface area (Å²) < 4.78 is 0. The number of carboxylic acids is 2. The summed E-state index contributed by atoms with van der Waals surface area (Å²) in [6, 6.07) is 7.37. The number of anilines is 2. The van der Waals surface area contributed by atoms with E-state index in [-0.39, 0.29) is 17.1 Å². The van der Waals surface area contributed by atoms with Gasteiger partial charge in [-0.3, -0.25) is 9.78 Å². The molecule has 0 aliphatic rings. The number of benzene rings is 1. The number of aromatic amines is 1. The second kappa shape index (κ2) is 10.4. The first-order valence-corrected chi connectivity index (χ1v) is 8.85. The zero-order valence-corrected chi connectivity index (χ0v) is 16.6. The number of nitrogens with one attached hydrogen (secondary N) is 2. The van der Waals surface area contributed by atoms with Gasteiger partial charge >= 0.3 is 11.9 Å². The molecule has 0 bridgehead atoms.